The van der Waals surface area contributed by atoms with Crippen molar-refractivity contribution < 1.29 is 14.3 Å². The second kappa shape index (κ2) is 10.5. The molecule has 1 fully saturated rings. The largest absolute Gasteiger partial charge is 0.490 e. The smallest absolute Gasteiger partial charge is 0.186 e. The Kier molecular flexibility index (Phi) is 7.47. The molecular weight excluding hydrogens is 478 g/mol. The summed E-state index contributed by atoms with van der Waals surface area (Å²) < 4.78 is 11.7. The number of hydrogen-bond donors (Lipinski definition) is 1. The molecule has 0 aliphatic carbocycles. The number of carbonyl (C=O) groups excluding carboxylic acids is 1. The van der Waals surface area contributed by atoms with Crippen LogP contribution in [0.25, 0.3) is 6.08 Å². The number of allylic oxidation sites excluding steroid dienone is 1. The Labute approximate surface area is 205 Å². The van der Waals surface area contributed by atoms with Crippen LogP contribution in [0.2, 0.25) is 5.02 Å². The van der Waals surface area contributed by atoms with Gasteiger partial charge in [-0.3, -0.25) is 10.2 Å². The minimum Gasteiger partial charge on any atom is -0.490 e. The van der Waals surface area contributed by atoms with Crippen molar-refractivity contribution in [3.63, 3.8) is 0 Å². The molecule has 1 aliphatic heterocycles. The summed E-state index contributed by atoms with van der Waals surface area (Å²) in [6.07, 6.45) is 2.54. The van der Waals surface area contributed by atoms with Crippen molar-refractivity contribution >= 4 is 51.6 Å². The molecule has 2 heterocycles. The van der Waals surface area contributed by atoms with Gasteiger partial charge < -0.3 is 9.47 Å². The number of Topliss-reactive ketones (excluding diaryl/α,β-unsaturated/α-hetero) is 1. The summed E-state index contributed by atoms with van der Waals surface area (Å²) in [6, 6.07) is 13.0. The maximum Gasteiger partial charge on any atom is 0.186 e. The molecule has 1 aliphatic rings. The van der Waals surface area contributed by atoms with Gasteiger partial charge in [-0.1, -0.05) is 54.6 Å². The highest BCUT2D eigenvalue weighted by Crippen LogP contribution is 2.42. The lowest BCUT2D eigenvalue weighted by Gasteiger charge is -2.13. The van der Waals surface area contributed by atoms with Gasteiger partial charge >= 0.3 is 0 Å². The minimum absolute atomic E-state index is 0.124. The third-order valence-corrected chi connectivity index (χ3v) is 7.42. The van der Waals surface area contributed by atoms with Crippen molar-refractivity contribution in [2.75, 3.05) is 6.61 Å². The topological polar surface area (TPSA) is 85.2 Å². The van der Waals surface area contributed by atoms with E-state index < -0.39 is 5.92 Å². The number of rotatable bonds is 8. The van der Waals surface area contributed by atoms with Gasteiger partial charge in [0, 0.05) is 10.6 Å². The molecular formula is C24H22ClN3O3S2. The maximum atomic E-state index is 13.0. The van der Waals surface area contributed by atoms with Crippen LogP contribution in [0, 0.1) is 5.41 Å². The molecule has 0 amide bonds. The molecule has 0 unspecified atom stereocenters. The van der Waals surface area contributed by atoms with Gasteiger partial charge in [0.2, 0.25) is 0 Å². The van der Waals surface area contributed by atoms with E-state index in [1.54, 1.807) is 6.08 Å². The molecule has 0 spiro atoms. The van der Waals surface area contributed by atoms with Gasteiger partial charge in [0.05, 0.1) is 16.6 Å². The number of nitrogens with zero attached hydrogens (tertiary/aromatic N) is 2. The fourth-order valence-electron chi connectivity index (χ4n) is 3.26. The molecule has 0 bridgehead atoms. The molecule has 4 rings (SSSR count). The second-order valence-corrected chi connectivity index (χ2v) is 9.76. The number of benzene rings is 2. The van der Waals surface area contributed by atoms with Crippen molar-refractivity contribution in [1.29, 1.82) is 5.41 Å². The quantitative estimate of drug-likeness (QED) is 0.374. The Balaban J connectivity index is 1.55. The van der Waals surface area contributed by atoms with E-state index >= 15 is 0 Å². The molecule has 0 radical (unpaired) electrons. The second-order valence-electron chi connectivity index (χ2n) is 7.18. The van der Waals surface area contributed by atoms with E-state index in [-0.39, 0.29) is 10.8 Å². The number of ketones is 1. The Morgan fingerprint density at radius 2 is 1.94 bits per heavy atom. The summed E-state index contributed by atoms with van der Waals surface area (Å²) in [5, 5.41) is 18.9. The Morgan fingerprint density at radius 3 is 2.67 bits per heavy atom. The number of thioether (sulfide) groups is 1. The van der Waals surface area contributed by atoms with E-state index in [4.69, 9.17) is 26.5 Å². The van der Waals surface area contributed by atoms with Gasteiger partial charge in [-0.2, -0.15) is 0 Å². The molecule has 33 heavy (non-hydrogen) atoms. The fourth-order valence-corrected chi connectivity index (χ4v) is 5.41. The highest BCUT2D eigenvalue weighted by molar-refractivity contribution is 8.19. The van der Waals surface area contributed by atoms with E-state index in [9.17, 15) is 4.79 Å². The van der Waals surface area contributed by atoms with E-state index in [1.807, 2.05) is 56.3 Å². The van der Waals surface area contributed by atoms with Crippen LogP contribution in [-0.2, 0) is 17.8 Å². The van der Waals surface area contributed by atoms with Crippen molar-refractivity contribution in [3.05, 3.63) is 73.5 Å². The van der Waals surface area contributed by atoms with Gasteiger partial charge in [0.15, 0.2) is 17.3 Å². The van der Waals surface area contributed by atoms with Crippen LogP contribution >= 0.6 is 34.7 Å². The van der Waals surface area contributed by atoms with Crippen molar-refractivity contribution in [2.24, 2.45) is 0 Å². The van der Waals surface area contributed by atoms with Crippen LogP contribution in [0.4, 0.5) is 0 Å². The third-order valence-electron chi connectivity index (χ3n) is 4.93. The molecule has 3 aromatic rings. The summed E-state index contributed by atoms with van der Waals surface area (Å²) >= 11 is 8.78. The monoisotopic (exact) mass is 499 g/mol. The number of ether oxygens (including phenoxy) is 2. The molecule has 170 valence electrons. The molecule has 1 saturated heterocycles. The number of carbonyl (C=O) groups is 1. The predicted molar refractivity (Wildman–Crippen MR) is 134 cm³/mol. The highest BCUT2D eigenvalue weighted by Gasteiger charge is 2.39. The van der Waals surface area contributed by atoms with Crippen LogP contribution in [0.3, 0.4) is 0 Å². The van der Waals surface area contributed by atoms with Gasteiger partial charge in [-0.15, -0.1) is 21.5 Å². The third kappa shape index (κ3) is 5.29. The van der Waals surface area contributed by atoms with Gasteiger partial charge in [0.1, 0.15) is 22.5 Å². The Morgan fingerprint density at radius 1 is 1.12 bits per heavy atom. The predicted octanol–water partition coefficient (Wildman–Crippen LogP) is 6.15. The number of hydrogen-bond acceptors (Lipinski definition) is 8. The first-order chi connectivity index (χ1) is 16.0. The molecule has 1 atom stereocenters. The number of nitrogens with one attached hydrogen (secondary N) is 1. The lowest BCUT2D eigenvalue weighted by atomic mass is 10.1. The fraction of sp³-hybridized carbons (Fsp3) is 0.250. The summed E-state index contributed by atoms with van der Waals surface area (Å²) in [6.45, 7) is 4.68. The summed E-state index contributed by atoms with van der Waals surface area (Å²) in [4.78, 5) is 13.5. The zero-order valence-corrected chi connectivity index (χ0v) is 20.5. The molecule has 0 saturated carbocycles. The molecule has 1 N–H and O–H groups in total. The van der Waals surface area contributed by atoms with E-state index in [1.165, 1.54) is 23.1 Å². The average molecular weight is 500 g/mol. The average Bonchev–Trinajstić information content (AvgIpc) is 3.38. The SMILES string of the molecule is CCOc1cc(/C=C2\SC(=N)[C@@H](c3nnc(CC)s3)C2=O)ccc1OCc1ccccc1Cl. The van der Waals surface area contributed by atoms with E-state index in [0.29, 0.717) is 39.6 Å². The minimum atomic E-state index is -0.663. The number of aryl methyl sites for hydroxylation is 1. The highest BCUT2D eigenvalue weighted by atomic mass is 35.5. The van der Waals surface area contributed by atoms with E-state index in [0.717, 1.165) is 22.6 Å². The van der Waals surface area contributed by atoms with Crippen LogP contribution in [-0.4, -0.2) is 27.6 Å². The number of halogens is 1. The molecule has 6 nitrogen and oxygen atoms in total. The van der Waals surface area contributed by atoms with Gasteiger partial charge in [-0.05, 0) is 43.2 Å². The van der Waals surface area contributed by atoms with Crippen molar-refractivity contribution in [1.82, 2.24) is 10.2 Å². The van der Waals surface area contributed by atoms with Crippen molar-refractivity contribution in [3.8, 4) is 11.5 Å². The van der Waals surface area contributed by atoms with Gasteiger partial charge in [-0.25, -0.2) is 0 Å². The van der Waals surface area contributed by atoms with Crippen LogP contribution in [0.1, 0.15) is 40.9 Å². The summed E-state index contributed by atoms with van der Waals surface area (Å²) in [5.41, 5.74) is 1.67. The van der Waals surface area contributed by atoms with Crippen molar-refractivity contribution in [2.45, 2.75) is 32.8 Å². The zero-order chi connectivity index (χ0) is 23.4. The normalized spacial score (nSPS) is 17.1. The summed E-state index contributed by atoms with van der Waals surface area (Å²) in [5.74, 6) is 0.387. The van der Waals surface area contributed by atoms with Crippen LogP contribution in [0.5, 0.6) is 11.5 Å². The Bertz CT molecular complexity index is 1230. The van der Waals surface area contributed by atoms with Crippen LogP contribution < -0.4 is 9.47 Å². The van der Waals surface area contributed by atoms with E-state index in [2.05, 4.69) is 10.2 Å². The van der Waals surface area contributed by atoms with Gasteiger partial charge in [0.25, 0.3) is 0 Å². The lowest BCUT2D eigenvalue weighted by molar-refractivity contribution is -0.114. The zero-order valence-electron chi connectivity index (χ0n) is 18.1. The molecule has 1 aromatic heterocycles. The first-order valence-corrected chi connectivity index (χ1v) is 12.5. The standard InChI is InChI=1S/C24H22ClN3O3S2/c1-3-20-27-28-24(33-20)21-22(29)19(32-23(21)26)12-14-9-10-17(18(11-14)30-4-2)31-13-15-7-5-6-8-16(15)25/h5-12,21,26H,3-4,13H2,1-2H3/b19-12-,26-23?/t21-/m0/s1. The Hall–Kier alpha value is -2.68. The maximum absolute atomic E-state index is 13.0. The molecule has 2 aromatic carbocycles. The number of aromatic nitrogens is 2. The summed E-state index contributed by atoms with van der Waals surface area (Å²) in [7, 11) is 0. The first-order valence-electron chi connectivity index (χ1n) is 10.5. The lowest BCUT2D eigenvalue weighted by Crippen LogP contribution is -2.11. The van der Waals surface area contributed by atoms with Crippen LogP contribution in [0.15, 0.2) is 47.4 Å². The molecule has 9 heteroatoms. The first kappa shape index (κ1) is 23.5.